The molecule has 1 saturated carbocycles. The van der Waals surface area contributed by atoms with Crippen molar-refractivity contribution in [1.29, 1.82) is 0 Å². The molecule has 2 amide bonds. The molecule has 0 spiro atoms. The Morgan fingerprint density at radius 2 is 1.96 bits per heavy atom. The second kappa shape index (κ2) is 7.01. The number of aromatic nitrogens is 1. The Balaban J connectivity index is 1.91. The van der Waals surface area contributed by atoms with Gasteiger partial charge in [0.2, 0.25) is 0 Å². The van der Waals surface area contributed by atoms with E-state index in [0.717, 1.165) is 12.8 Å². The normalized spacial score (nSPS) is 13.4. The van der Waals surface area contributed by atoms with E-state index < -0.39 is 5.82 Å². The molecule has 1 aliphatic rings. The molecule has 25 heavy (non-hydrogen) atoms. The minimum Gasteiger partial charge on any atom is -0.352 e. The third-order valence-corrected chi connectivity index (χ3v) is 4.16. The van der Waals surface area contributed by atoms with Crippen LogP contribution in [0.3, 0.4) is 0 Å². The average Bonchev–Trinajstić information content (AvgIpc) is 3.41. The van der Waals surface area contributed by atoms with Crippen molar-refractivity contribution in [2.45, 2.75) is 32.7 Å². The van der Waals surface area contributed by atoms with Gasteiger partial charge in [-0.2, -0.15) is 0 Å². The van der Waals surface area contributed by atoms with Crippen molar-refractivity contribution in [3.8, 4) is 11.3 Å². The lowest BCUT2D eigenvalue weighted by Gasteiger charge is -2.11. The molecule has 1 aromatic heterocycles. The van der Waals surface area contributed by atoms with Crippen molar-refractivity contribution in [2.75, 3.05) is 6.54 Å². The molecule has 1 aromatic carbocycles. The van der Waals surface area contributed by atoms with Crippen LogP contribution in [0, 0.1) is 12.7 Å². The van der Waals surface area contributed by atoms with Crippen molar-refractivity contribution >= 4 is 11.8 Å². The summed E-state index contributed by atoms with van der Waals surface area (Å²) in [7, 11) is 0. The first-order chi connectivity index (χ1) is 12.0. The van der Waals surface area contributed by atoms with Crippen LogP contribution < -0.4 is 10.6 Å². The molecule has 1 heterocycles. The SMILES string of the molecule is CCNC(=O)c1ccc(-c2cc(C(=O)NC3CC3)cc(F)c2C)nc1. The number of nitrogens with one attached hydrogen (secondary N) is 2. The molecule has 0 aliphatic heterocycles. The quantitative estimate of drug-likeness (QED) is 0.878. The summed E-state index contributed by atoms with van der Waals surface area (Å²) in [6.07, 6.45) is 3.39. The molecular formula is C19H20FN3O2. The fraction of sp³-hybridized carbons (Fsp3) is 0.316. The van der Waals surface area contributed by atoms with Crippen LogP contribution in [0.2, 0.25) is 0 Å². The summed E-state index contributed by atoms with van der Waals surface area (Å²) in [5.41, 5.74) is 2.20. The van der Waals surface area contributed by atoms with E-state index in [1.54, 1.807) is 25.1 Å². The van der Waals surface area contributed by atoms with Crippen LogP contribution in [0.5, 0.6) is 0 Å². The van der Waals surface area contributed by atoms with Crippen molar-refractivity contribution < 1.29 is 14.0 Å². The number of hydrogen-bond donors (Lipinski definition) is 2. The van der Waals surface area contributed by atoms with Crippen molar-refractivity contribution in [3.05, 3.63) is 53.0 Å². The highest BCUT2D eigenvalue weighted by Crippen LogP contribution is 2.26. The van der Waals surface area contributed by atoms with E-state index >= 15 is 0 Å². The van der Waals surface area contributed by atoms with Gasteiger partial charge in [0.15, 0.2) is 0 Å². The van der Waals surface area contributed by atoms with Gasteiger partial charge in [0, 0.05) is 29.9 Å². The number of carbonyl (C=O) groups is 2. The Kier molecular flexibility index (Phi) is 4.79. The standard InChI is InChI=1S/C19H20FN3O2/c1-3-21-18(24)12-4-7-17(22-10-12)15-8-13(9-16(20)11(15)2)19(25)23-14-5-6-14/h4,7-10,14H,3,5-6H2,1-2H3,(H,21,24)(H,23,25). The number of amides is 2. The molecule has 2 aromatic rings. The molecule has 0 radical (unpaired) electrons. The second-order valence-electron chi connectivity index (χ2n) is 6.17. The van der Waals surface area contributed by atoms with Gasteiger partial charge < -0.3 is 10.6 Å². The van der Waals surface area contributed by atoms with E-state index in [4.69, 9.17) is 0 Å². The predicted octanol–water partition coefficient (Wildman–Crippen LogP) is 2.84. The lowest BCUT2D eigenvalue weighted by molar-refractivity contribution is 0.0944. The van der Waals surface area contributed by atoms with Gasteiger partial charge in [0.1, 0.15) is 5.82 Å². The molecule has 0 saturated heterocycles. The molecule has 0 bridgehead atoms. The van der Waals surface area contributed by atoms with Crippen LogP contribution in [-0.4, -0.2) is 29.4 Å². The number of carbonyl (C=O) groups excluding carboxylic acids is 2. The first kappa shape index (κ1) is 17.1. The van der Waals surface area contributed by atoms with Gasteiger partial charge in [0.25, 0.3) is 11.8 Å². The third kappa shape index (κ3) is 3.84. The minimum absolute atomic E-state index is 0.204. The zero-order chi connectivity index (χ0) is 18.0. The van der Waals surface area contributed by atoms with E-state index in [1.165, 1.54) is 12.3 Å². The largest absolute Gasteiger partial charge is 0.352 e. The van der Waals surface area contributed by atoms with Gasteiger partial charge in [-0.05, 0) is 56.5 Å². The fourth-order valence-corrected chi connectivity index (χ4v) is 2.52. The number of nitrogens with zero attached hydrogens (tertiary/aromatic N) is 1. The van der Waals surface area contributed by atoms with E-state index in [0.29, 0.717) is 28.9 Å². The summed E-state index contributed by atoms with van der Waals surface area (Å²) >= 11 is 0. The van der Waals surface area contributed by atoms with Crippen LogP contribution >= 0.6 is 0 Å². The molecule has 0 atom stereocenters. The van der Waals surface area contributed by atoms with Crippen molar-refractivity contribution in [1.82, 2.24) is 15.6 Å². The smallest absolute Gasteiger partial charge is 0.252 e. The summed E-state index contributed by atoms with van der Waals surface area (Å²) < 4.78 is 14.3. The molecule has 2 N–H and O–H groups in total. The number of pyridine rings is 1. The van der Waals surface area contributed by atoms with Crippen LogP contribution in [-0.2, 0) is 0 Å². The summed E-state index contributed by atoms with van der Waals surface area (Å²) in [5, 5.41) is 5.55. The first-order valence-electron chi connectivity index (χ1n) is 8.35. The zero-order valence-electron chi connectivity index (χ0n) is 14.2. The maximum atomic E-state index is 14.3. The Morgan fingerprint density at radius 3 is 2.56 bits per heavy atom. The van der Waals surface area contributed by atoms with Gasteiger partial charge in [-0.15, -0.1) is 0 Å². The number of rotatable bonds is 5. The van der Waals surface area contributed by atoms with E-state index in [-0.39, 0.29) is 23.4 Å². The highest BCUT2D eigenvalue weighted by atomic mass is 19.1. The molecule has 130 valence electrons. The van der Waals surface area contributed by atoms with Crippen LogP contribution in [0.1, 0.15) is 46.0 Å². The zero-order valence-corrected chi connectivity index (χ0v) is 14.2. The van der Waals surface area contributed by atoms with E-state index in [2.05, 4.69) is 15.6 Å². The maximum Gasteiger partial charge on any atom is 0.252 e. The molecular weight excluding hydrogens is 321 g/mol. The lowest BCUT2D eigenvalue weighted by atomic mass is 10.00. The summed E-state index contributed by atoms with van der Waals surface area (Å²) in [5.74, 6) is -0.934. The molecule has 0 unspecified atom stereocenters. The summed E-state index contributed by atoms with van der Waals surface area (Å²) in [6, 6.07) is 6.40. The van der Waals surface area contributed by atoms with Crippen LogP contribution in [0.15, 0.2) is 30.5 Å². The highest BCUT2D eigenvalue weighted by Gasteiger charge is 2.24. The number of benzene rings is 1. The molecule has 1 fully saturated rings. The van der Waals surface area contributed by atoms with Crippen LogP contribution in [0.4, 0.5) is 4.39 Å². The highest BCUT2D eigenvalue weighted by molar-refractivity contribution is 5.96. The van der Waals surface area contributed by atoms with Gasteiger partial charge in [-0.3, -0.25) is 14.6 Å². The first-order valence-corrected chi connectivity index (χ1v) is 8.35. The van der Waals surface area contributed by atoms with Gasteiger partial charge in [0.05, 0.1) is 11.3 Å². The maximum absolute atomic E-state index is 14.3. The Labute approximate surface area is 145 Å². The number of halogens is 1. The molecule has 6 heteroatoms. The van der Waals surface area contributed by atoms with E-state index in [9.17, 15) is 14.0 Å². The number of hydrogen-bond acceptors (Lipinski definition) is 3. The molecule has 1 aliphatic carbocycles. The van der Waals surface area contributed by atoms with Gasteiger partial charge in [-0.25, -0.2) is 4.39 Å². The van der Waals surface area contributed by atoms with Crippen molar-refractivity contribution in [2.24, 2.45) is 0 Å². The average molecular weight is 341 g/mol. The lowest BCUT2D eigenvalue weighted by Crippen LogP contribution is -2.25. The second-order valence-corrected chi connectivity index (χ2v) is 6.17. The Morgan fingerprint density at radius 1 is 1.20 bits per heavy atom. The summed E-state index contributed by atoms with van der Waals surface area (Å²) in [4.78, 5) is 28.3. The van der Waals surface area contributed by atoms with Gasteiger partial charge >= 0.3 is 0 Å². The topological polar surface area (TPSA) is 71.1 Å². The fourth-order valence-electron chi connectivity index (χ4n) is 2.52. The monoisotopic (exact) mass is 341 g/mol. The van der Waals surface area contributed by atoms with Gasteiger partial charge in [-0.1, -0.05) is 0 Å². The molecule has 5 nitrogen and oxygen atoms in total. The minimum atomic E-state index is -0.451. The molecule has 3 rings (SSSR count). The summed E-state index contributed by atoms with van der Waals surface area (Å²) in [6.45, 7) is 4.01. The Hall–Kier alpha value is -2.76. The Bertz CT molecular complexity index is 814. The van der Waals surface area contributed by atoms with E-state index in [1.807, 2.05) is 6.92 Å². The third-order valence-electron chi connectivity index (χ3n) is 4.16. The van der Waals surface area contributed by atoms with Crippen LogP contribution in [0.25, 0.3) is 11.3 Å². The predicted molar refractivity (Wildman–Crippen MR) is 92.9 cm³/mol. The van der Waals surface area contributed by atoms with Crippen molar-refractivity contribution in [3.63, 3.8) is 0 Å².